The van der Waals surface area contributed by atoms with Crippen LogP contribution in [0.15, 0.2) is 114 Å². The molecule has 0 saturated heterocycles. The van der Waals surface area contributed by atoms with E-state index in [1.807, 2.05) is 0 Å². The average Bonchev–Trinajstić information content (AvgIpc) is 3.14. The van der Waals surface area contributed by atoms with Crippen LogP contribution in [0.25, 0.3) is 0 Å². The number of anilines is 3. The molecule has 1 N–H and O–H groups in total. The van der Waals surface area contributed by atoms with Gasteiger partial charge in [0.2, 0.25) is 0 Å². The van der Waals surface area contributed by atoms with Gasteiger partial charge in [0.1, 0.15) is 0 Å². The number of para-hydroxylation sites is 3. The lowest BCUT2D eigenvalue weighted by molar-refractivity contribution is 0.655. The number of hydrogen-bond donors (Lipinski definition) is 1. The predicted octanol–water partition coefficient (Wildman–Crippen LogP) is 6.91. The highest BCUT2D eigenvalue weighted by Crippen LogP contribution is 2.51. The fourth-order valence-electron chi connectivity index (χ4n) is 4.70. The minimum absolute atomic E-state index is 0. The molecule has 0 amide bonds. The molecule has 2 aliphatic heterocycles. The van der Waals surface area contributed by atoms with Crippen LogP contribution in [0, 0.1) is 0 Å². The summed E-state index contributed by atoms with van der Waals surface area (Å²) in [5.74, 6) is 0.125. The Morgan fingerprint density at radius 3 is 1.87 bits per heavy atom. The van der Waals surface area contributed by atoms with Crippen LogP contribution in [-0.4, -0.2) is 5.71 Å². The zero-order valence-corrected chi connectivity index (χ0v) is 17.7. The summed E-state index contributed by atoms with van der Waals surface area (Å²) in [5, 5.41) is 11.1. The fourth-order valence-corrected chi connectivity index (χ4v) is 4.70. The first-order chi connectivity index (χ1) is 14.9. The minimum atomic E-state index is 0. The number of fused-ring (bicyclic) bond motifs is 5. The van der Waals surface area contributed by atoms with Crippen molar-refractivity contribution in [3.63, 3.8) is 0 Å². The van der Waals surface area contributed by atoms with Crippen molar-refractivity contribution in [3.05, 3.63) is 126 Å². The molecule has 0 saturated carbocycles. The molecule has 3 nitrogen and oxygen atoms in total. The van der Waals surface area contributed by atoms with Gasteiger partial charge in [-0.1, -0.05) is 84.9 Å². The van der Waals surface area contributed by atoms with Gasteiger partial charge in [-0.25, -0.2) is 0 Å². The fraction of sp³-hybridized carbons (Fsp3) is 0.0741. The van der Waals surface area contributed by atoms with E-state index in [2.05, 4.69) is 120 Å². The van der Waals surface area contributed by atoms with Crippen LogP contribution in [0.4, 0.5) is 17.1 Å². The van der Waals surface area contributed by atoms with Crippen LogP contribution in [0.1, 0.15) is 28.7 Å². The van der Waals surface area contributed by atoms with Crippen molar-refractivity contribution in [2.45, 2.75) is 12.0 Å². The lowest BCUT2D eigenvalue weighted by atomic mass is 9.82. The number of hydrazone groups is 1. The van der Waals surface area contributed by atoms with E-state index in [9.17, 15) is 0 Å². The molecule has 4 aromatic rings. The molecule has 4 heteroatoms. The topological polar surface area (TPSA) is 27.6 Å². The molecule has 31 heavy (non-hydrogen) atoms. The van der Waals surface area contributed by atoms with Gasteiger partial charge in [-0.05, 0) is 35.4 Å². The summed E-state index contributed by atoms with van der Waals surface area (Å²) >= 11 is 0. The van der Waals surface area contributed by atoms with Crippen molar-refractivity contribution in [2.24, 2.45) is 5.10 Å². The molecule has 0 radical (unpaired) electrons. The summed E-state index contributed by atoms with van der Waals surface area (Å²) in [6.45, 7) is 0. The maximum atomic E-state index is 5.23. The molecule has 0 aliphatic carbocycles. The van der Waals surface area contributed by atoms with E-state index < -0.39 is 0 Å². The molecule has 4 aromatic carbocycles. The largest absolute Gasteiger partial charge is 0.355 e. The van der Waals surface area contributed by atoms with Crippen LogP contribution in [0.5, 0.6) is 0 Å². The number of hydrogen-bond acceptors (Lipinski definition) is 3. The summed E-state index contributed by atoms with van der Waals surface area (Å²) in [7, 11) is 0. The maximum absolute atomic E-state index is 5.23. The Bertz CT molecular complexity index is 1240. The lowest BCUT2D eigenvalue weighted by Crippen LogP contribution is -2.24. The first kappa shape index (κ1) is 19.4. The molecule has 0 spiro atoms. The smallest absolute Gasteiger partial charge is 0.0921 e. The van der Waals surface area contributed by atoms with Gasteiger partial charge in [0.05, 0.1) is 23.4 Å². The summed E-state index contributed by atoms with van der Waals surface area (Å²) in [4.78, 5) is 0. The molecule has 0 fully saturated rings. The lowest BCUT2D eigenvalue weighted by Gasteiger charge is -2.28. The second-order valence-corrected chi connectivity index (χ2v) is 7.75. The molecule has 2 unspecified atom stereocenters. The van der Waals surface area contributed by atoms with Crippen LogP contribution >= 0.6 is 12.4 Å². The van der Waals surface area contributed by atoms with Crippen molar-refractivity contribution in [3.8, 4) is 0 Å². The Kier molecular flexibility index (Phi) is 4.97. The molecule has 2 atom stereocenters. The van der Waals surface area contributed by atoms with Crippen LogP contribution in [-0.2, 0) is 0 Å². The zero-order valence-electron chi connectivity index (χ0n) is 16.8. The van der Waals surface area contributed by atoms with Crippen molar-refractivity contribution in [1.29, 1.82) is 0 Å². The highest BCUT2D eigenvalue weighted by atomic mass is 35.5. The van der Waals surface area contributed by atoms with Gasteiger partial charge >= 0.3 is 0 Å². The first-order valence-electron chi connectivity index (χ1n) is 10.3. The van der Waals surface area contributed by atoms with E-state index in [1.54, 1.807) is 0 Å². The number of benzene rings is 4. The second kappa shape index (κ2) is 7.93. The van der Waals surface area contributed by atoms with Crippen LogP contribution < -0.4 is 10.3 Å². The van der Waals surface area contributed by atoms with Gasteiger partial charge in [0.25, 0.3) is 0 Å². The first-order valence-corrected chi connectivity index (χ1v) is 10.3. The Morgan fingerprint density at radius 2 is 1.16 bits per heavy atom. The van der Waals surface area contributed by atoms with E-state index in [1.165, 1.54) is 16.7 Å². The third-order valence-electron chi connectivity index (χ3n) is 6.02. The van der Waals surface area contributed by atoms with Gasteiger partial charge in [-0.3, -0.25) is 5.01 Å². The normalized spacial score (nSPS) is 18.5. The summed E-state index contributed by atoms with van der Waals surface area (Å²) < 4.78 is 0. The van der Waals surface area contributed by atoms with Crippen LogP contribution in [0.3, 0.4) is 0 Å². The number of nitrogens with one attached hydrogen (secondary N) is 1. The van der Waals surface area contributed by atoms with Crippen molar-refractivity contribution in [2.75, 3.05) is 10.3 Å². The van der Waals surface area contributed by atoms with Gasteiger partial charge < -0.3 is 5.32 Å². The molecule has 152 valence electrons. The predicted molar refractivity (Wildman–Crippen MR) is 131 cm³/mol. The molecule has 0 aromatic heterocycles. The van der Waals surface area contributed by atoms with E-state index in [0.29, 0.717) is 0 Å². The van der Waals surface area contributed by atoms with Crippen molar-refractivity contribution >= 4 is 35.2 Å². The summed E-state index contributed by atoms with van der Waals surface area (Å²) in [5.41, 5.74) is 8.21. The number of nitrogens with zero attached hydrogens (tertiary/aromatic N) is 2. The standard InChI is InChI=1S/C27H21N3.ClH/c1-3-11-19(12-4-1)26-25-21-15-7-9-17-23(21)28-24-18-10-8-16-22(24)27(25)30(29-26)20-13-5-2-6-14-20;/h1-18,25,27-28H;1H. The third kappa shape index (κ3) is 3.18. The van der Waals surface area contributed by atoms with Gasteiger partial charge in [-0.15, -0.1) is 12.4 Å². The van der Waals surface area contributed by atoms with Crippen LogP contribution in [0.2, 0.25) is 0 Å². The van der Waals surface area contributed by atoms with Gasteiger partial charge in [0, 0.05) is 16.9 Å². The summed E-state index contributed by atoms with van der Waals surface area (Å²) in [6, 6.07) is 38.4. The minimum Gasteiger partial charge on any atom is -0.355 e. The van der Waals surface area contributed by atoms with Gasteiger partial charge in [-0.2, -0.15) is 5.10 Å². The quantitative estimate of drug-likeness (QED) is 0.379. The van der Waals surface area contributed by atoms with Crippen molar-refractivity contribution in [1.82, 2.24) is 0 Å². The average molecular weight is 424 g/mol. The third-order valence-corrected chi connectivity index (χ3v) is 6.02. The molecule has 6 rings (SSSR count). The highest BCUT2D eigenvalue weighted by Gasteiger charge is 2.43. The molecule has 0 bridgehead atoms. The number of halogens is 1. The Hall–Kier alpha value is -3.56. The summed E-state index contributed by atoms with van der Waals surface area (Å²) in [6.07, 6.45) is 0. The highest BCUT2D eigenvalue weighted by molar-refractivity contribution is 6.09. The van der Waals surface area contributed by atoms with E-state index in [-0.39, 0.29) is 24.4 Å². The SMILES string of the molecule is Cl.c1ccc(C2=NN(c3ccccc3)C3c4ccccc4Nc4ccccc4C23)cc1. The van der Waals surface area contributed by atoms with Gasteiger partial charge in [0.15, 0.2) is 0 Å². The molecular formula is C27H22ClN3. The van der Waals surface area contributed by atoms with E-state index in [0.717, 1.165) is 22.8 Å². The Morgan fingerprint density at radius 1 is 0.613 bits per heavy atom. The monoisotopic (exact) mass is 423 g/mol. The Balaban J connectivity index is 0.00000204. The van der Waals surface area contributed by atoms with Crippen molar-refractivity contribution < 1.29 is 0 Å². The zero-order chi connectivity index (χ0) is 19.9. The van der Waals surface area contributed by atoms with E-state index >= 15 is 0 Å². The molecule has 2 heterocycles. The Labute approximate surface area is 188 Å². The second-order valence-electron chi connectivity index (χ2n) is 7.75. The molecule has 2 aliphatic rings. The number of rotatable bonds is 2. The van der Waals surface area contributed by atoms with E-state index in [4.69, 9.17) is 5.10 Å². The maximum Gasteiger partial charge on any atom is 0.0921 e. The molecular weight excluding hydrogens is 402 g/mol.